The van der Waals surface area contributed by atoms with Crippen molar-refractivity contribution in [1.29, 1.82) is 0 Å². The van der Waals surface area contributed by atoms with E-state index in [0.29, 0.717) is 0 Å². The highest BCUT2D eigenvalue weighted by Crippen LogP contribution is 2.33. The van der Waals surface area contributed by atoms with Crippen molar-refractivity contribution in [2.75, 3.05) is 20.1 Å². The molecule has 0 aromatic heterocycles. The summed E-state index contributed by atoms with van der Waals surface area (Å²) in [6.07, 6.45) is 9.36. The summed E-state index contributed by atoms with van der Waals surface area (Å²) < 4.78 is 0. The molecule has 1 saturated heterocycles. The van der Waals surface area contributed by atoms with Gasteiger partial charge in [0.05, 0.1) is 0 Å². The number of rotatable bonds is 2. The number of likely N-dealkylation sites (tertiary alicyclic amines) is 1. The van der Waals surface area contributed by atoms with E-state index in [2.05, 4.69) is 29.8 Å². The average molecular weight is 197 g/mol. The van der Waals surface area contributed by atoms with Gasteiger partial charge in [-0.05, 0) is 50.6 Å². The fourth-order valence-electron chi connectivity index (χ4n) is 2.12. The SMILES string of the molecule is CN1CCC(SC2=CCCCC2)C1. The highest BCUT2D eigenvalue weighted by molar-refractivity contribution is 8.03. The van der Waals surface area contributed by atoms with Crippen LogP contribution in [0.3, 0.4) is 0 Å². The number of hydrogen-bond acceptors (Lipinski definition) is 2. The number of allylic oxidation sites excluding steroid dienone is 2. The first-order valence-corrected chi connectivity index (χ1v) is 6.27. The van der Waals surface area contributed by atoms with E-state index < -0.39 is 0 Å². The predicted molar refractivity (Wildman–Crippen MR) is 60.0 cm³/mol. The molecule has 0 saturated carbocycles. The van der Waals surface area contributed by atoms with E-state index in [0.717, 1.165) is 5.25 Å². The molecule has 0 aromatic carbocycles. The minimum atomic E-state index is 0.884. The summed E-state index contributed by atoms with van der Waals surface area (Å²) in [5.74, 6) is 0. The van der Waals surface area contributed by atoms with E-state index in [4.69, 9.17) is 0 Å². The van der Waals surface area contributed by atoms with Crippen LogP contribution in [0, 0.1) is 0 Å². The molecule has 1 atom stereocenters. The molecule has 13 heavy (non-hydrogen) atoms. The van der Waals surface area contributed by atoms with Gasteiger partial charge in [0.25, 0.3) is 0 Å². The van der Waals surface area contributed by atoms with Gasteiger partial charge >= 0.3 is 0 Å². The first kappa shape index (κ1) is 9.60. The molecule has 0 N–H and O–H groups in total. The van der Waals surface area contributed by atoms with Crippen molar-refractivity contribution < 1.29 is 0 Å². The Labute approximate surface area is 85.6 Å². The quantitative estimate of drug-likeness (QED) is 0.669. The van der Waals surface area contributed by atoms with Crippen LogP contribution in [-0.4, -0.2) is 30.3 Å². The van der Waals surface area contributed by atoms with Crippen LogP contribution in [0.2, 0.25) is 0 Å². The first-order valence-electron chi connectivity index (χ1n) is 5.39. The zero-order chi connectivity index (χ0) is 9.10. The van der Waals surface area contributed by atoms with Crippen LogP contribution in [-0.2, 0) is 0 Å². The summed E-state index contributed by atoms with van der Waals surface area (Å²) in [5.41, 5.74) is 0. The monoisotopic (exact) mass is 197 g/mol. The lowest BCUT2D eigenvalue weighted by Crippen LogP contribution is -2.15. The van der Waals surface area contributed by atoms with Gasteiger partial charge in [0, 0.05) is 11.8 Å². The van der Waals surface area contributed by atoms with E-state index in [1.165, 1.54) is 45.2 Å². The fourth-order valence-corrected chi connectivity index (χ4v) is 3.58. The van der Waals surface area contributed by atoms with E-state index >= 15 is 0 Å². The summed E-state index contributed by atoms with van der Waals surface area (Å²) in [5, 5.41) is 0.884. The number of thioether (sulfide) groups is 1. The Kier molecular flexibility index (Phi) is 3.33. The largest absolute Gasteiger partial charge is 0.305 e. The van der Waals surface area contributed by atoms with Gasteiger partial charge in [-0.15, -0.1) is 11.8 Å². The van der Waals surface area contributed by atoms with Crippen molar-refractivity contribution >= 4 is 11.8 Å². The second-order valence-electron chi connectivity index (χ2n) is 4.21. The van der Waals surface area contributed by atoms with Crippen LogP contribution in [0.5, 0.6) is 0 Å². The Balaban J connectivity index is 1.80. The molecule has 0 spiro atoms. The molecular weight excluding hydrogens is 178 g/mol. The van der Waals surface area contributed by atoms with Crippen LogP contribution in [0.1, 0.15) is 32.1 Å². The minimum absolute atomic E-state index is 0.884. The van der Waals surface area contributed by atoms with Gasteiger partial charge in [0.1, 0.15) is 0 Å². The first-order chi connectivity index (χ1) is 6.34. The number of hydrogen-bond donors (Lipinski definition) is 0. The lowest BCUT2D eigenvalue weighted by Gasteiger charge is -2.16. The Morgan fingerprint density at radius 2 is 2.38 bits per heavy atom. The third-order valence-corrected chi connectivity index (χ3v) is 4.31. The molecule has 1 unspecified atom stereocenters. The van der Waals surface area contributed by atoms with Crippen molar-refractivity contribution in [2.24, 2.45) is 0 Å². The van der Waals surface area contributed by atoms with Gasteiger partial charge in [-0.1, -0.05) is 6.08 Å². The van der Waals surface area contributed by atoms with E-state index in [9.17, 15) is 0 Å². The van der Waals surface area contributed by atoms with Crippen molar-refractivity contribution in [3.05, 3.63) is 11.0 Å². The van der Waals surface area contributed by atoms with Gasteiger partial charge in [0.2, 0.25) is 0 Å². The summed E-state index contributed by atoms with van der Waals surface area (Å²) >= 11 is 2.15. The standard InChI is InChI=1S/C11H19NS/c1-12-8-7-11(9-12)13-10-5-3-2-4-6-10/h5,11H,2-4,6-9H2,1H3. The molecule has 0 amide bonds. The molecular formula is C11H19NS. The molecule has 2 rings (SSSR count). The Morgan fingerprint density at radius 3 is 3.00 bits per heavy atom. The molecule has 1 fully saturated rings. The molecule has 1 aliphatic carbocycles. The van der Waals surface area contributed by atoms with Gasteiger partial charge in [-0.3, -0.25) is 0 Å². The average Bonchev–Trinajstić information content (AvgIpc) is 2.53. The van der Waals surface area contributed by atoms with Gasteiger partial charge in [-0.25, -0.2) is 0 Å². The molecule has 2 aliphatic rings. The maximum Gasteiger partial charge on any atom is 0.0230 e. The van der Waals surface area contributed by atoms with Crippen molar-refractivity contribution in [3.8, 4) is 0 Å². The Bertz CT molecular complexity index is 200. The second kappa shape index (κ2) is 4.52. The number of nitrogens with zero attached hydrogens (tertiary/aromatic N) is 1. The van der Waals surface area contributed by atoms with E-state index in [1.807, 2.05) is 0 Å². The molecule has 2 heteroatoms. The minimum Gasteiger partial charge on any atom is -0.305 e. The molecule has 1 heterocycles. The molecule has 0 radical (unpaired) electrons. The highest BCUT2D eigenvalue weighted by atomic mass is 32.2. The molecule has 1 nitrogen and oxygen atoms in total. The van der Waals surface area contributed by atoms with Gasteiger partial charge in [0.15, 0.2) is 0 Å². The summed E-state index contributed by atoms with van der Waals surface area (Å²) in [4.78, 5) is 4.12. The van der Waals surface area contributed by atoms with Crippen molar-refractivity contribution in [2.45, 2.75) is 37.4 Å². The van der Waals surface area contributed by atoms with Crippen molar-refractivity contribution in [1.82, 2.24) is 4.90 Å². The summed E-state index contributed by atoms with van der Waals surface area (Å²) in [6, 6.07) is 0. The third-order valence-electron chi connectivity index (χ3n) is 2.92. The molecule has 1 aliphatic heterocycles. The Morgan fingerprint density at radius 1 is 1.46 bits per heavy atom. The summed E-state index contributed by atoms with van der Waals surface area (Å²) in [6.45, 7) is 2.59. The molecule has 0 aromatic rings. The van der Waals surface area contributed by atoms with Crippen LogP contribution in [0.25, 0.3) is 0 Å². The second-order valence-corrected chi connectivity index (χ2v) is 5.63. The lowest BCUT2D eigenvalue weighted by molar-refractivity contribution is 0.419. The van der Waals surface area contributed by atoms with Crippen molar-refractivity contribution in [3.63, 3.8) is 0 Å². The maximum atomic E-state index is 2.46. The normalized spacial score (nSPS) is 30.5. The maximum absolute atomic E-state index is 2.46. The van der Waals surface area contributed by atoms with Gasteiger partial charge in [-0.2, -0.15) is 0 Å². The van der Waals surface area contributed by atoms with E-state index in [-0.39, 0.29) is 0 Å². The van der Waals surface area contributed by atoms with Gasteiger partial charge < -0.3 is 4.90 Å². The van der Waals surface area contributed by atoms with Crippen LogP contribution >= 0.6 is 11.8 Å². The lowest BCUT2D eigenvalue weighted by atomic mass is 10.1. The smallest absolute Gasteiger partial charge is 0.0230 e. The summed E-state index contributed by atoms with van der Waals surface area (Å²) in [7, 11) is 2.23. The topological polar surface area (TPSA) is 3.24 Å². The molecule has 0 bridgehead atoms. The Hall–Kier alpha value is 0.0500. The molecule has 74 valence electrons. The highest BCUT2D eigenvalue weighted by Gasteiger charge is 2.21. The van der Waals surface area contributed by atoms with Crippen LogP contribution in [0.15, 0.2) is 11.0 Å². The van der Waals surface area contributed by atoms with E-state index in [1.54, 1.807) is 4.91 Å². The zero-order valence-electron chi connectivity index (χ0n) is 8.46. The third kappa shape index (κ3) is 2.75. The predicted octanol–water partition coefficient (Wildman–Crippen LogP) is 2.88. The van der Waals surface area contributed by atoms with Crippen LogP contribution in [0.4, 0.5) is 0 Å². The fraction of sp³-hybridized carbons (Fsp3) is 0.818. The zero-order valence-corrected chi connectivity index (χ0v) is 9.28. The van der Waals surface area contributed by atoms with Crippen LogP contribution < -0.4 is 0 Å².